The normalized spacial score (nSPS) is 16.8. The molecule has 11 nitrogen and oxygen atoms in total. The number of halogens is 5. The maximum Gasteiger partial charge on any atom is 0.227 e. The minimum atomic E-state index is -0.889. The van der Waals surface area contributed by atoms with Gasteiger partial charge in [0, 0.05) is 61.8 Å². The van der Waals surface area contributed by atoms with Crippen molar-refractivity contribution >= 4 is 29.2 Å². The van der Waals surface area contributed by atoms with Gasteiger partial charge in [-0.1, -0.05) is 129 Å². The van der Waals surface area contributed by atoms with Gasteiger partial charge in [0.2, 0.25) is 11.2 Å². The van der Waals surface area contributed by atoms with Crippen molar-refractivity contribution in [3.8, 4) is 0 Å². The lowest BCUT2D eigenvalue weighted by Gasteiger charge is -2.41. The van der Waals surface area contributed by atoms with Crippen LogP contribution in [0.2, 0.25) is 5.28 Å². The van der Waals surface area contributed by atoms with Crippen LogP contribution in [0.4, 0.5) is 35.1 Å². The molecule has 0 saturated heterocycles. The summed E-state index contributed by atoms with van der Waals surface area (Å²) in [6, 6.07) is 26.7. The molecular weight excluding hydrogens is 1040 g/mol. The molecule has 2 aliphatic rings. The molecule has 2 saturated carbocycles. The van der Waals surface area contributed by atoms with Gasteiger partial charge >= 0.3 is 0 Å². The van der Waals surface area contributed by atoms with Crippen LogP contribution in [0.5, 0.6) is 0 Å². The summed E-state index contributed by atoms with van der Waals surface area (Å²) in [6.45, 7) is 19.5. The largest absolute Gasteiger partial charge is 0.390 e. The Kier molecular flexibility index (Phi) is 21.5. The number of rotatable bonds is 21. The van der Waals surface area contributed by atoms with E-state index in [4.69, 9.17) is 11.6 Å². The molecule has 0 radical (unpaired) electrons. The Bertz CT molecular complexity index is 2880. The first-order chi connectivity index (χ1) is 38.1. The molecule has 0 amide bonds. The van der Waals surface area contributed by atoms with E-state index in [0.29, 0.717) is 35.3 Å². The van der Waals surface area contributed by atoms with E-state index in [0.717, 1.165) is 76.6 Å². The molecule has 4 atom stereocenters. The molecule has 6 aromatic rings. The van der Waals surface area contributed by atoms with Crippen LogP contribution in [0.1, 0.15) is 153 Å². The van der Waals surface area contributed by atoms with Crippen LogP contribution in [0.3, 0.4) is 0 Å². The number of hydrogen-bond donors (Lipinski definition) is 6. The fourth-order valence-electron chi connectivity index (χ4n) is 11.3. The molecule has 2 heterocycles. The second kappa shape index (κ2) is 27.8. The summed E-state index contributed by atoms with van der Waals surface area (Å²) in [7, 11) is 0. The molecule has 2 aliphatic carbocycles. The molecule has 0 unspecified atom stereocenters. The van der Waals surface area contributed by atoms with Crippen LogP contribution in [0, 0.1) is 23.3 Å². The zero-order valence-corrected chi connectivity index (χ0v) is 48.8. The fourth-order valence-corrected chi connectivity index (χ4v) is 11.5. The predicted molar refractivity (Wildman–Crippen MR) is 315 cm³/mol. The van der Waals surface area contributed by atoms with Crippen molar-refractivity contribution in [1.82, 2.24) is 30.6 Å². The Morgan fingerprint density at radius 2 is 0.950 bits per heavy atom. The summed E-state index contributed by atoms with van der Waals surface area (Å²) in [6.07, 6.45) is 12.6. The topological polar surface area (TPSA) is 143 Å². The molecular formula is C64H84ClF4N9O2. The van der Waals surface area contributed by atoms with Crippen LogP contribution in [-0.4, -0.2) is 80.6 Å². The van der Waals surface area contributed by atoms with Crippen LogP contribution in [0.15, 0.2) is 109 Å². The van der Waals surface area contributed by atoms with Gasteiger partial charge in [-0.2, -0.15) is 4.98 Å². The van der Waals surface area contributed by atoms with Crippen molar-refractivity contribution in [3.05, 3.63) is 171 Å². The number of benzene rings is 4. The average Bonchev–Trinajstić information content (AvgIpc) is 3.42. The van der Waals surface area contributed by atoms with Crippen LogP contribution in [0.25, 0.3) is 0 Å². The fraction of sp³-hybridized carbons (Fsp3) is 0.500. The molecule has 0 bridgehead atoms. The van der Waals surface area contributed by atoms with Crippen molar-refractivity contribution < 1.29 is 27.8 Å². The summed E-state index contributed by atoms with van der Waals surface area (Å²) in [5, 5.41) is 37.2. The van der Waals surface area contributed by atoms with Gasteiger partial charge in [-0.3, -0.25) is 0 Å². The van der Waals surface area contributed by atoms with Crippen molar-refractivity contribution in [2.24, 2.45) is 0 Å². The summed E-state index contributed by atoms with van der Waals surface area (Å²) >= 11 is 5.97. The van der Waals surface area contributed by atoms with Gasteiger partial charge in [-0.05, 0) is 145 Å². The summed E-state index contributed by atoms with van der Waals surface area (Å²) in [5.41, 5.74) is 5.49. The highest BCUT2D eigenvalue weighted by Gasteiger charge is 2.37. The van der Waals surface area contributed by atoms with Crippen molar-refractivity contribution in [2.45, 2.75) is 179 Å². The van der Waals surface area contributed by atoms with Gasteiger partial charge in [0.05, 0.1) is 24.3 Å². The number of anilines is 3. The minimum Gasteiger partial charge on any atom is -0.390 e. The average molecular weight is 1120 g/mol. The Morgan fingerprint density at radius 3 is 1.34 bits per heavy atom. The van der Waals surface area contributed by atoms with Gasteiger partial charge in [-0.15, -0.1) is 0 Å². The number of aromatic nitrogens is 4. The van der Waals surface area contributed by atoms with Gasteiger partial charge in [0.15, 0.2) is 0 Å². The van der Waals surface area contributed by atoms with E-state index in [9.17, 15) is 27.8 Å². The van der Waals surface area contributed by atoms with E-state index in [1.54, 1.807) is 18.3 Å². The maximum absolute atomic E-state index is 14.1. The molecule has 8 rings (SSSR count). The number of nitrogens with zero attached hydrogens (tertiary/aromatic N) is 5. The molecule has 80 heavy (non-hydrogen) atoms. The Morgan fingerprint density at radius 1 is 0.550 bits per heavy atom. The molecule has 4 aromatic carbocycles. The third kappa shape index (κ3) is 17.2. The summed E-state index contributed by atoms with van der Waals surface area (Å²) in [5.74, 6) is -1.01. The quantitative estimate of drug-likeness (QED) is 0.0303. The standard InChI is InChI=1S/C34H47F2N5O.C30H37ClF2N4O/c1-6-41(7-2)32-37-17-14-31(40-32)39-29(20-24-18-27(35)22-28(36)19-24)30(42)23-38-34(15-9-8-10-16-34)26-13-11-12-25(21-26)33(3,4)5;1-29(2,3)21-8-7-9-22(17-21)30(11-5-4-6-12-30)35-19-26(38)25(36-27-10-13-34-28(31)37-27)16-20-14-23(32)18-24(33)15-20/h11-14,17-19,21-22,29-30,38,42H,6-10,15-16,20,23H2,1-5H3,(H,37,39,40);7-10,13-15,17-18,25-26,35,38H,4-6,11-12,16,19H2,1-3H3,(H,34,36,37)/t29-,30+;25-,26+/m00/s1. The molecule has 0 spiro atoms. The van der Waals surface area contributed by atoms with E-state index in [2.05, 4.69) is 131 Å². The molecule has 2 fully saturated rings. The number of hydrogen-bond acceptors (Lipinski definition) is 11. The number of aliphatic hydroxyl groups excluding tert-OH is 2. The van der Waals surface area contributed by atoms with E-state index >= 15 is 0 Å². The lowest BCUT2D eigenvalue weighted by molar-refractivity contribution is 0.122. The summed E-state index contributed by atoms with van der Waals surface area (Å²) < 4.78 is 56.1. The smallest absolute Gasteiger partial charge is 0.227 e. The Hall–Kier alpha value is -5.71. The number of nitrogens with one attached hydrogen (secondary N) is 4. The zero-order valence-electron chi connectivity index (χ0n) is 48.0. The lowest BCUT2D eigenvalue weighted by Crippen LogP contribution is -2.51. The molecule has 432 valence electrons. The summed E-state index contributed by atoms with van der Waals surface area (Å²) in [4.78, 5) is 19.2. The van der Waals surface area contributed by atoms with Crippen LogP contribution in [-0.2, 0) is 34.7 Å². The second-order valence-electron chi connectivity index (χ2n) is 23.9. The van der Waals surface area contributed by atoms with Gasteiger partial charge in [-0.25, -0.2) is 32.5 Å². The van der Waals surface area contributed by atoms with Gasteiger partial charge in [0.25, 0.3) is 0 Å². The first kappa shape index (κ1) is 61.9. The monoisotopic (exact) mass is 1120 g/mol. The molecule has 6 N–H and O–H groups in total. The van der Waals surface area contributed by atoms with Crippen LogP contribution < -0.4 is 26.2 Å². The van der Waals surface area contributed by atoms with E-state index < -0.39 is 47.6 Å². The highest BCUT2D eigenvalue weighted by atomic mass is 35.5. The first-order valence-corrected chi connectivity index (χ1v) is 29.0. The van der Waals surface area contributed by atoms with E-state index in [1.165, 1.54) is 65.6 Å². The Labute approximate surface area is 477 Å². The molecule has 16 heteroatoms. The predicted octanol–water partition coefficient (Wildman–Crippen LogP) is 13.3. The molecule has 0 aliphatic heterocycles. The second-order valence-corrected chi connectivity index (χ2v) is 24.3. The van der Waals surface area contributed by atoms with Crippen LogP contribution >= 0.6 is 11.6 Å². The third-order valence-electron chi connectivity index (χ3n) is 15.9. The van der Waals surface area contributed by atoms with Crippen molar-refractivity contribution in [1.29, 1.82) is 0 Å². The van der Waals surface area contributed by atoms with Crippen molar-refractivity contribution in [2.75, 3.05) is 41.7 Å². The van der Waals surface area contributed by atoms with E-state index in [-0.39, 0.29) is 46.6 Å². The maximum atomic E-state index is 14.1. The Balaban J connectivity index is 0.000000232. The highest BCUT2D eigenvalue weighted by molar-refractivity contribution is 6.28. The highest BCUT2D eigenvalue weighted by Crippen LogP contribution is 2.40. The van der Waals surface area contributed by atoms with Gasteiger partial charge < -0.3 is 36.4 Å². The first-order valence-electron chi connectivity index (χ1n) is 28.6. The van der Waals surface area contributed by atoms with E-state index in [1.807, 2.05) is 18.7 Å². The minimum absolute atomic E-state index is 0.0272. The SMILES string of the molecule is CC(C)(C)c1cccc(C2(NC[C@@H](O)[C@H](Cc3cc(F)cc(F)c3)Nc3ccnc(Cl)n3)CCCCC2)c1.CCN(CC)c1nccc(N[C@@H](Cc2cc(F)cc(F)c2)[C@H](O)CNC2(c3cccc(C(C)(C)C)c3)CCCCC2)n1. The lowest BCUT2D eigenvalue weighted by atomic mass is 9.74. The number of aliphatic hydroxyl groups is 2. The third-order valence-corrected chi connectivity index (χ3v) is 16.1. The van der Waals surface area contributed by atoms with Crippen molar-refractivity contribution in [3.63, 3.8) is 0 Å². The zero-order chi connectivity index (χ0) is 57.7. The molecule has 2 aromatic heterocycles. The van der Waals surface area contributed by atoms with Gasteiger partial charge in [0.1, 0.15) is 34.9 Å².